The molecule has 3 atom stereocenters. The number of carbonyl (C=O) groups is 1. The molecule has 0 aromatic heterocycles. The van der Waals surface area contributed by atoms with Crippen molar-refractivity contribution in [3.8, 4) is 0 Å². The molecule has 3 nitrogen and oxygen atoms in total. The summed E-state index contributed by atoms with van der Waals surface area (Å²) in [5, 5.41) is 10.9. The monoisotopic (exact) mass is 147 g/mol. The highest BCUT2D eigenvalue weighted by atomic mass is 19.1. The summed E-state index contributed by atoms with van der Waals surface area (Å²) >= 11 is 0. The molecule has 4 heteroatoms. The third-order valence-corrected chi connectivity index (χ3v) is 1.87. The maximum atomic E-state index is 12.6. The minimum Gasteiger partial charge on any atom is -0.394 e. The number of alkyl halides is 1. The van der Waals surface area contributed by atoms with Crippen LogP contribution in [0, 0.1) is 5.92 Å². The Balaban J connectivity index is 2.61. The van der Waals surface area contributed by atoms with Gasteiger partial charge in [0.05, 0.1) is 12.6 Å². The Morgan fingerprint density at radius 1 is 1.80 bits per heavy atom. The van der Waals surface area contributed by atoms with E-state index in [0.29, 0.717) is 0 Å². The maximum absolute atomic E-state index is 12.6. The van der Waals surface area contributed by atoms with E-state index < -0.39 is 24.0 Å². The number of aliphatic hydroxyl groups is 1. The number of amides is 1. The molecule has 1 heterocycles. The van der Waals surface area contributed by atoms with Gasteiger partial charge in [0, 0.05) is 5.92 Å². The van der Waals surface area contributed by atoms with Crippen LogP contribution in [-0.2, 0) is 4.79 Å². The molecule has 2 N–H and O–H groups in total. The van der Waals surface area contributed by atoms with Gasteiger partial charge < -0.3 is 10.4 Å². The summed E-state index contributed by atoms with van der Waals surface area (Å²) in [4.78, 5) is 10.6. The molecular weight excluding hydrogens is 137 g/mol. The molecule has 0 aliphatic carbocycles. The lowest BCUT2D eigenvalue weighted by Crippen LogP contribution is -2.31. The molecule has 1 aliphatic heterocycles. The van der Waals surface area contributed by atoms with E-state index >= 15 is 0 Å². The fraction of sp³-hybridized carbons (Fsp3) is 0.833. The van der Waals surface area contributed by atoms with Crippen LogP contribution in [-0.4, -0.2) is 29.8 Å². The van der Waals surface area contributed by atoms with Gasteiger partial charge in [0.25, 0.3) is 5.91 Å². The normalized spacial score (nSPS) is 39.9. The van der Waals surface area contributed by atoms with Crippen LogP contribution in [0.1, 0.15) is 6.92 Å². The third kappa shape index (κ3) is 0.988. The standard InChI is InChI=1S/C6H10FNO2/c1-3-4(2-9)8-6(10)5(3)7/h3-5,9H,2H2,1H3,(H,8,10)/t3-,4+,5-/m0/s1. The van der Waals surface area contributed by atoms with Crippen molar-refractivity contribution in [2.24, 2.45) is 5.92 Å². The second-order valence-electron chi connectivity index (χ2n) is 2.56. The van der Waals surface area contributed by atoms with Crippen molar-refractivity contribution in [3.05, 3.63) is 0 Å². The number of carbonyl (C=O) groups excluding carboxylic acids is 1. The lowest BCUT2D eigenvalue weighted by atomic mass is 10.0. The smallest absolute Gasteiger partial charge is 0.255 e. The molecule has 10 heavy (non-hydrogen) atoms. The van der Waals surface area contributed by atoms with Gasteiger partial charge in [0.15, 0.2) is 6.17 Å². The highest BCUT2D eigenvalue weighted by molar-refractivity contribution is 5.83. The van der Waals surface area contributed by atoms with Crippen LogP contribution in [0.15, 0.2) is 0 Å². The minimum absolute atomic E-state index is 0.187. The van der Waals surface area contributed by atoms with E-state index in [1.165, 1.54) is 0 Å². The van der Waals surface area contributed by atoms with Crippen LogP contribution in [0.3, 0.4) is 0 Å². The molecule has 0 spiro atoms. The van der Waals surface area contributed by atoms with Gasteiger partial charge in [-0.1, -0.05) is 6.92 Å². The highest BCUT2D eigenvalue weighted by Gasteiger charge is 2.38. The average Bonchev–Trinajstić information content (AvgIpc) is 2.17. The molecule has 0 unspecified atom stereocenters. The summed E-state index contributed by atoms with van der Waals surface area (Å²) in [5.41, 5.74) is 0. The fourth-order valence-corrected chi connectivity index (χ4v) is 1.05. The van der Waals surface area contributed by atoms with E-state index in [4.69, 9.17) is 5.11 Å². The molecular formula is C6H10FNO2. The Morgan fingerprint density at radius 2 is 2.40 bits per heavy atom. The molecule has 1 rings (SSSR count). The summed E-state index contributed by atoms with van der Waals surface area (Å²) in [5.74, 6) is -1.01. The number of hydrogen-bond donors (Lipinski definition) is 2. The predicted molar refractivity (Wildman–Crippen MR) is 33.1 cm³/mol. The number of rotatable bonds is 1. The van der Waals surface area contributed by atoms with E-state index in [1.807, 2.05) is 0 Å². The first-order chi connectivity index (χ1) is 4.66. The SMILES string of the molecule is C[C@@H]1[C@H](F)C(=O)N[C@@H]1CO. The fourth-order valence-electron chi connectivity index (χ4n) is 1.05. The molecule has 1 saturated heterocycles. The molecule has 1 aliphatic rings. The Hall–Kier alpha value is -0.640. The first-order valence-corrected chi connectivity index (χ1v) is 3.22. The summed E-state index contributed by atoms with van der Waals surface area (Å²) < 4.78 is 12.6. The Labute approximate surface area is 58.2 Å². The number of nitrogens with one attached hydrogen (secondary N) is 1. The van der Waals surface area contributed by atoms with E-state index in [0.717, 1.165) is 0 Å². The number of halogens is 1. The van der Waals surface area contributed by atoms with Gasteiger partial charge in [-0.3, -0.25) is 4.79 Å². The van der Waals surface area contributed by atoms with E-state index in [-0.39, 0.29) is 6.61 Å². The van der Waals surface area contributed by atoms with Gasteiger partial charge in [-0.05, 0) is 0 Å². The topological polar surface area (TPSA) is 49.3 Å². The molecule has 1 fully saturated rings. The van der Waals surface area contributed by atoms with Crippen LogP contribution >= 0.6 is 0 Å². The van der Waals surface area contributed by atoms with Gasteiger partial charge in [-0.2, -0.15) is 0 Å². The zero-order valence-corrected chi connectivity index (χ0v) is 5.67. The van der Waals surface area contributed by atoms with Crippen molar-refractivity contribution in [1.29, 1.82) is 0 Å². The Bertz CT molecular complexity index is 151. The van der Waals surface area contributed by atoms with Crippen molar-refractivity contribution >= 4 is 5.91 Å². The van der Waals surface area contributed by atoms with Crippen molar-refractivity contribution in [2.75, 3.05) is 6.61 Å². The molecule has 0 saturated carbocycles. The second kappa shape index (κ2) is 2.54. The molecule has 0 aromatic rings. The summed E-state index contributed by atoms with van der Waals surface area (Å²) in [6, 6.07) is -0.400. The number of hydrogen-bond acceptors (Lipinski definition) is 2. The van der Waals surface area contributed by atoms with E-state index in [1.54, 1.807) is 6.92 Å². The Morgan fingerprint density at radius 3 is 2.60 bits per heavy atom. The van der Waals surface area contributed by atoms with Crippen LogP contribution in [0.5, 0.6) is 0 Å². The van der Waals surface area contributed by atoms with Crippen LogP contribution < -0.4 is 5.32 Å². The van der Waals surface area contributed by atoms with Gasteiger partial charge in [-0.15, -0.1) is 0 Å². The lowest BCUT2D eigenvalue weighted by Gasteiger charge is -2.10. The summed E-state index contributed by atoms with van der Waals surface area (Å²) in [6.45, 7) is 1.41. The van der Waals surface area contributed by atoms with E-state index in [2.05, 4.69) is 5.32 Å². The van der Waals surface area contributed by atoms with Crippen molar-refractivity contribution in [2.45, 2.75) is 19.1 Å². The van der Waals surface area contributed by atoms with Gasteiger partial charge in [0.2, 0.25) is 0 Å². The zero-order valence-electron chi connectivity index (χ0n) is 5.67. The van der Waals surface area contributed by atoms with E-state index in [9.17, 15) is 9.18 Å². The van der Waals surface area contributed by atoms with Crippen LogP contribution in [0.4, 0.5) is 4.39 Å². The van der Waals surface area contributed by atoms with Crippen molar-refractivity contribution in [3.63, 3.8) is 0 Å². The first kappa shape index (κ1) is 7.47. The lowest BCUT2D eigenvalue weighted by molar-refractivity contribution is -0.123. The second-order valence-corrected chi connectivity index (χ2v) is 2.56. The average molecular weight is 147 g/mol. The van der Waals surface area contributed by atoms with Crippen LogP contribution in [0.2, 0.25) is 0 Å². The molecule has 0 aromatic carbocycles. The molecule has 58 valence electrons. The Kier molecular flexibility index (Phi) is 1.89. The van der Waals surface area contributed by atoms with Crippen molar-refractivity contribution in [1.82, 2.24) is 5.32 Å². The molecule has 0 bridgehead atoms. The maximum Gasteiger partial charge on any atom is 0.255 e. The number of aliphatic hydroxyl groups excluding tert-OH is 1. The van der Waals surface area contributed by atoms with Gasteiger partial charge in [-0.25, -0.2) is 4.39 Å². The quantitative estimate of drug-likeness (QED) is 0.523. The molecule has 1 amide bonds. The molecule has 0 radical (unpaired) electrons. The predicted octanol–water partition coefficient (Wildman–Crippen LogP) is -0.549. The van der Waals surface area contributed by atoms with Crippen molar-refractivity contribution < 1.29 is 14.3 Å². The highest BCUT2D eigenvalue weighted by Crippen LogP contribution is 2.18. The third-order valence-electron chi connectivity index (χ3n) is 1.87. The summed E-state index contributed by atoms with van der Waals surface area (Å²) in [7, 11) is 0. The van der Waals surface area contributed by atoms with Crippen LogP contribution in [0.25, 0.3) is 0 Å². The summed E-state index contributed by atoms with van der Waals surface area (Å²) in [6.07, 6.45) is -1.45. The van der Waals surface area contributed by atoms with Gasteiger partial charge >= 0.3 is 0 Å². The first-order valence-electron chi connectivity index (χ1n) is 3.22. The van der Waals surface area contributed by atoms with Gasteiger partial charge in [0.1, 0.15) is 0 Å². The zero-order chi connectivity index (χ0) is 7.72. The minimum atomic E-state index is -1.45. The largest absolute Gasteiger partial charge is 0.394 e.